The van der Waals surface area contributed by atoms with Crippen LogP contribution in [0.15, 0.2) is 48.5 Å². The van der Waals surface area contributed by atoms with Gasteiger partial charge in [-0.1, -0.05) is 12.1 Å². The number of piperidine rings is 1. The smallest absolute Gasteiger partial charge is 0.315 e. The molecular formula is C24H34N4O5S. The van der Waals surface area contributed by atoms with E-state index in [-0.39, 0.29) is 12.1 Å². The van der Waals surface area contributed by atoms with E-state index in [1.54, 1.807) is 31.2 Å². The highest BCUT2D eigenvalue weighted by molar-refractivity contribution is 7.92. The number of rotatable bonds is 10. The molecule has 0 bridgehead atoms. The van der Waals surface area contributed by atoms with Crippen LogP contribution in [-0.4, -0.2) is 62.5 Å². The number of aliphatic hydroxyl groups is 1. The van der Waals surface area contributed by atoms with Gasteiger partial charge in [0.1, 0.15) is 11.5 Å². The number of hydrogen-bond acceptors (Lipinski definition) is 6. The van der Waals surface area contributed by atoms with E-state index >= 15 is 0 Å². The highest BCUT2D eigenvalue weighted by Gasteiger charge is 2.20. The minimum absolute atomic E-state index is 0.164. The van der Waals surface area contributed by atoms with Crippen molar-refractivity contribution in [3.8, 4) is 11.5 Å². The van der Waals surface area contributed by atoms with Crippen molar-refractivity contribution < 1.29 is 23.1 Å². The first-order valence-corrected chi connectivity index (χ1v) is 13.3. The Balaban J connectivity index is 1.40. The number of sulfonamides is 1. The molecule has 186 valence electrons. The van der Waals surface area contributed by atoms with Gasteiger partial charge in [0, 0.05) is 37.9 Å². The molecule has 1 atom stereocenters. The Morgan fingerprint density at radius 1 is 1.09 bits per heavy atom. The van der Waals surface area contributed by atoms with E-state index in [4.69, 9.17) is 4.74 Å². The molecule has 34 heavy (non-hydrogen) atoms. The standard InChI is InChI=1S/C24H34N4O5S/c1-18(29)11-14-25-24(30)26-20-12-15-28(16-13-20)17-19-3-7-22(8-4-19)33-23-9-5-21(6-10-23)27-34(2,31)32/h3-10,18,20,27,29H,11-17H2,1-2H3,(H2,25,26,30). The molecule has 4 N–H and O–H groups in total. The van der Waals surface area contributed by atoms with Gasteiger partial charge in [0.2, 0.25) is 10.0 Å². The number of amides is 2. The Labute approximate surface area is 201 Å². The summed E-state index contributed by atoms with van der Waals surface area (Å²) in [7, 11) is -3.30. The second-order valence-electron chi connectivity index (χ2n) is 8.73. The van der Waals surface area contributed by atoms with Crippen LogP contribution in [0.5, 0.6) is 11.5 Å². The first kappa shape index (κ1) is 25.8. The molecule has 0 saturated carbocycles. The number of nitrogens with one attached hydrogen (secondary N) is 3. The number of aliphatic hydroxyl groups excluding tert-OH is 1. The van der Waals surface area contributed by atoms with Gasteiger partial charge in [0.15, 0.2) is 0 Å². The SMILES string of the molecule is CC(O)CCNC(=O)NC1CCN(Cc2ccc(Oc3ccc(NS(C)(=O)=O)cc3)cc2)CC1. The number of urea groups is 1. The summed E-state index contributed by atoms with van der Waals surface area (Å²) in [6.07, 6.45) is 3.04. The molecule has 1 unspecified atom stereocenters. The maximum atomic E-state index is 11.9. The van der Waals surface area contributed by atoms with Gasteiger partial charge in [0.05, 0.1) is 12.4 Å². The van der Waals surface area contributed by atoms with Crippen LogP contribution in [0.1, 0.15) is 31.7 Å². The lowest BCUT2D eigenvalue weighted by Gasteiger charge is -2.32. The Morgan fingerprint density at radius 2 is 1.68 bits per heavy atom. The van der Waals surface area contributed by atoms with E-state index in [1.165, 1.54) is 5.56 Å². The normalized spacial score (nSPS) is 16.0. The number of nitrogens with zero attached hydrogens (tertiary/aromatic N) is 1. The summed E-state index contributed by atoms with van der Waals surface area (Å²) in [4.78, 5) is 14.3. The van der Waals surface area contributed by atoms with E-state index in [9.17, 15) is 18.3 Å². The molecule has 0 radical (unpaired) electrons. The third-order valence-corrected chi connectivity index (χ3v) is 6.10. The van der Waals surface area contributed by atoms with Crippen molar-refractivity contribution in [2.24, 2.45) is 0 Å². The molecule has 2 aromatic rings. The van der Waals surface area contributed by atoms with Gasteiger partial charge < -0.3 is 20.5 Å². The van der Waals surface area contributed by atoms with Crippen LogP contribution in [0.3, 0.4) is 0 Å². The third-order valence-electron chi connectivity index (χ3n) is 5.49. The second kappa shape index (κ2) is 12.0. The van der Waals surface area contributed by atoms with Crippen molar-refractivity contribution in [1.29, 1.82) is 0 Å². The number of hydrogen-bond donors (Lipinski definition) is 4. The molecule has 0 aromatic heterocycles. The molecular weight excluding hydrogens is 456 g/mol. The van der Waals surface area contributed by atoms with Gasteiger partial charge in [0.25, 0.3) is 0 Å². The maximum absolute atomic E-state index is 11.9. The minimum atomic E-state index is -3.30. The molecule has 9 nitrogen and oxygen atoms in total. The van der Waals surface area contributed by atoms with Crippen molar-refractivity contribution in [2.45, 2.75) is 44.9 Å². The average molecular weight is 491 g/mol. The summed E-state index contributed by atoms with van der Waals surface area (Å²) in [6, 6.07) is 14.6. The summed E-state index contributed by atoms with van der Waals surface area (Å²) in [6.45, 7) is 4.82. The van der Waals surface area contributed by atoms with Crippen LogP contribution in [0, 0.1) is 0 Å². The fraction of sp³-hybridized carbons (Fsp3) is 0.458. The fourth-order valence-electron chi connectivity index (χ4n) is 3.73. The van der Waals surface area contributed by atoms with Crippen LogP contribution in [-0.2, 0) is 16.6 Å². The average Bonchev–Trinajstić information content (AvgIpc) is 2.76. The van der Waals surface area contributed by atoms with Crippen LogP contribution >= 0.6 is 0 Å². The molecule has 1 saturated heterocycles. The number of carbonyl (C=O) groups is 1. The van der Waals surface area contributed by atoms with Crippen LogP contribution in [0.25, 0.3) is 0 Å². The molecule has 1 heterocycles. The van der Waals surface area contributed by atoms with Gasteiger partial charge in [-0.15, -0.1) is 0 Å². The number of anilines is 1. The van der Waals surface area contributed by atoms with Crippen LogP contribution in [0.2, 0.25) is 0 Å². The summed E-state index contributed by atoms with van der Waals surface area (Å²) in [5.41, 5.74) is 1.67. The molecule has 1 aliphatic rings. The van der Waals surface area contributed by atoms with Crippen molar-refractivity contribution in [3.63, 3.8) is 0 Å². The number of likely N-dealkylation sites (tertiary alicyclic amines) is 1. The number of benzene rings is 2. The highest BCUT2D eigenvalue weighted by Crippen LogP contribution is 2.24. The van der Waals surface area contributed by atoms with E-state index in [1.807, 2.05) is 24.3 Å². The lowest BCUT2D eigenvalue weighted by atomic mass is 10.0. The van der Waals surface area contributed by atoms with Crippen molar-refractivity contribution in [3.05, 3.63) is 54.1 Å². The molecule has 0 aliphatic carbocycles. The molecule has 0 spiro atoms. The van der Waals surface area contributed by atoms with Crippen LogP contribution < -0.4 is 20.1 Å². The zero-order chi connectivity index (χ0) is 24.6. The molecule has 3 rings (SSSR count). The van der Waals surface area contributed by atoms with E-state index in [2.05, 4.69) is 20.3 Å². The highest BCUT2D eigenvalue weighted by atomic mass is 32.2. The summed E-state index contributed by atoms with van der Waals surface area (Å²) in [5.74, 6) is 1.33. The largest absolute Gasteiger partial charge is 0.457 e. The minimum Gasteiger partial charge on any atom is -0.457 e. The number of ether oxygens (including phenoxy) is 1. The van der Waals surface area contributed by atoms with E-state index < -0.39 is 16.1 Å². The zero-order valence-electron chi connectivity index (χ0n) is 19.7. The van der Waals surface area contributed by atoms with Crippen molar-refractivity contribution in [1.82, 2.24) is 15.5 Å². The van der Waals surface area contributed by atoms with Crippen molar-refractivity contribution >= 4 is 21.7 Å². The summed E-state index contributed by atoms with van der Waals surface area (Å²) >= 11 is 0. The predicted octanol–water partition coefficient (Wildman–Crippen LogP) is 2.88. The molecule has 2 amide bonds. The molecule has 1 aliphatic heterocycles. The first-order chi connectivity index (χ1) is 16.2. The van der Waals surface area contributed by atoms with Gasteiger partial charge in [-0.3, -0.25) is 9.62 Å². The van der Waals surface area contributed by atoms with Crippen LogP contribution in [0.4, 0.5) is 10.5 Å². The Morgan fingerprint density at radius 3 is 2.24 bits per heavy atom. The summed E-state index contributed by atoms with van der Waals surface area (Å²) in [5, 5.41) is 15.1. The van der Waals surface area contributed by atoms with E-state index in [0.29, 0.717) is 30.2 Å². The zero-order valence-corrected chi connectivity index (χ0v) is 20.5. The lowest BCUT2D eigenvalue weighted by molar-refractivity contribution is 0.178. The second-order valence-corrected chi connectivity index (χ2v) is 10.5. The molecule has 10 heteroatoms. The Bertz CT molecular complexity index is 1020. The fourth-order valence-corrected chi connectivity index (χ4v) is 4.29. The molecule has 1 fully saturated rings. The van der Waals surface area contributed by atoms with Crippen molar-refractivity contribution in [2.75, 3.05) is 30.6 Å². The topological polar surface area (TPSA) is 120 Å². The molecule has 2 aromatic carbocycles. The Kier molecular flexibility index (Phi) is 9.14. The summed E-state index contributed by atoms with van der Waals surface area (Å²) < 4.78 is 30.9. The first-order valence-electron chi connectivity index (χ1n) is 11.5. The van der Waals surface area contributed by atoms with Gasteiger partial charge >= 0.3 is 6.03 Å². The third kappa shape index (κ3) is 9.20. The number of carbonyl (C=O) groups excluding carboxylic acids is 1. The van der Waals surface area contributed by atoms with Gasteiger partial charge in [-0.2, -0.15) is 0 Å². The maximum Gasteiger partial charge on any atom is 0.315 e. The van der Waals surface area contributed by atoms with E-state index in [0.717, 1.165) is 38.7 Å². The van der Waals surface area contributed by atoms with Gasteiger partial charge in [-0.25, -0.2) is 13.2 Å². The monoisotopic (exact) mass is 490 g/mol. The van der Waals surface area contributed by atoms with Gasteiger partial charge in [-0.05, 0) is 68.1 Å². The lowest BCUT2D eigenvalue weighted by Crippen LogP contribution is -2.48. The predicted molar refractivity (Wildman–Crippen MR) is 133 cm³/mol. The Hall–Kier alpha value is -2.82. The quantitative estimate of drug-likeness (QED) is 0.407.